The highest BCUT2D eigenvalue weighted by molar-refractivity contribution is 7.15. The van der Waals surface area contributed by atoms with Gasteiger partial charge in [0.05, 0.1) is 0 Å². The maximum Gasteiger partial charge on any atom is 0.445 e. The highest BCUT2D eigenvalue weighted by atomic mass is 35.5. The number of hydrogen-bond donors (Lipinski definition) is 1. The second kappa shape index (κ2) is 6.39. The number of hydrogen-bond acceptors (Lipinski definition) is 4. The van der Waals surface area contributed by atoms with E-state index in [4.69, 9.17) is 11.6 Å². The zero-order valence-electron chi connectivity index (χ0n) is 9.22. The summed E-state index contributed by atoms with van der Waals surface area (Å²) in [5.74, 6) is 0.884. The van der Waals surface area contributed by atoms with Crippen molar-refractivity contribution in [1.29, 1.82) is 0 Å². The van der Waals surface area contributed by atoms with Crippen molar-refractivity contribution in [3.63, 3.8) is 0 Å². The third-order valence-corrected chi connectivity index (χ3v) is 3.45. The first-order chi connectivity index (χ1) is 7.97. The SMILES string of the molecule is CCC(CCCl)CNc1nnc(C(F)(F)F)s1. The Morgan fingerprint density at radius 1 is 1.41 bits per heavy atom. The molecule has 0 spiro atoms. The molecule has 98 valence electrons. The maximum atomic E-state index is 12.2. The van der Waals surface area contributed by atoms with Gasteiger partial charge in [-0.1, -0.05) is 24.7 Å². The average molecular weight is 288 g/mol. The molecule has 1 aromatic heterocycles. The molecule has 1 heterocycles. The number of halogens is 4. The molecule has 0 aliphatic heterocycles. The highest BCUT2D eigenvalue weighted by Gasteiger charge is 2.35. The summed E-state index contributed by atoms with van der Waals surface area (Å²) < 4.78 is 36.7. The molecule has 1 rings (SSSR count). The van der Waals surface area contributed by atoms with E-state index in [1.165, 1.54) is 0 Å². The lowest BCUT2D eigenvalue weighted by Gasteiger charge is -2.12. The van der Waals surface area contributed by atoms with Crippen LogP contribution in [0.2, 0.25) is 0 Å². The molecular formula is C9H13ClF3N3S. The van der Waals surface area contributed by atoms with Gasteiger partial charge in [0.1, 0.15) is 0 Å². The molecule has 0 fully saturated rings. The fourth-order valence-corrected chi connectivity index (χ4v) is 2.17. The second-order valence-electron chi connectivity index (χ2n) is 3.54. The molecule has 8 heteroatoms. The minimum absolute atomic E-state index is 0.199. The van der Waals surface area contributed by atoms with E-state index in [0.717, 1.165) is 12.8 Å². The molecule has 1 atom stereocenters. The number of aromatic nitrogens is 2. The van der Waals surface area contributed by atoms with Gasteiger partial charge in [-0.25, -0.2) is 0 Å². The number of rotatable bonds is 6. The van der Waals surface area contributed by atoms with Gasteiger partial charge in [-0.2, -0.15) is 13.2 Å². The molecular weight excluding hydrogens is 275 g/mol. The molecule has 0 amide bonds. The zero-order chi connectivity index (χ0) is 12.9. The molecule has 0 aliphatic rings. The Kier molecular flexibility index (Phi) is 5.45. The Bertz CT molecular complexity index is 342. The van der Waals surface area contributed by atoms with Crippen molar-refractivity contribution in [2.75, 3.05) is 17.7 Å². The number of anilines is 1. The fraction of sp³-hybridized carbons (Fsp3) is 0.778. The summed E-state index contributed by atoms with van der Waals surface area (Å²) in [6.45, 7) is 2.58. The zero-order valence-corrected chi connectivity index (χ0v) is 10.8. The van der Waals surface area contributed by atoms with Gasteiger partial charge in [0, 0.05) is 12.4 Å². The van der Waals surface area contributed by atoms with Crippen LogP contribution in [0, 0.1) is 5.92 Å². The minimum Gasteiger partial charge on any atom is -0.360 e. The van der Waals surface area contributed by atoms with E-state index in [2.05, 4.69) is 15.5 Å². The normalized spacial score (nSPS) is 13.7. The van der Waals surface area contributed by atoms with Crippen LogP contribution in [0.3, 0.4) is 0 Å². The summed E-state index contributed by atoms with van der Waals surface area (Å²) in [6, 6.07) is 0. The molecule has 0 radical (unpaired) electrons. The first-order valence-electron chi connectivity index (χ1n) is 5.18. The van der Waals surface area contributed by atoms with Crippen LogP contribution in [0.25, 0.3) is 0 Å². The van der Waals surface area contributed by atoms with E-state index in [-0.39, 0.29) is 5.13 Å². The lowest BCUT2D eigenvalue weighted by atomic mass is 10.0. The van der Waals surface area contributed by atoms with Crippen molar-refractivity contribution in [3.8, 4) is 0 Å². The van der Waals surface area contributed by atoms with Gasteiger partial charge in [0.2, 0.25) is 10.1 Å². The highest BCUT2D eigenvalue weighted by Crippen LogP contribution is 2.33. The van der Waals surface area contributed by atoms with Crippen LogP contribution >= 0.6 is 22.9 Å². The van der Waals surface area contributed by atoms with Crippen LogP contribution in [0.15, 0.2) is 0 Å². The van der Waals surface area contributed by atoms with Gasteiger partial charge in [0.15, 0.2) is 0 Å². The quantitative estimate of drug-likeness (QED) is 0.812. The number of alkyl halides is 4. The van der Waals surface area contributed by atoms with Crippen molar-refractivity contribution in [1.82, 2.24) is 10.2 Å². The van der Waals surface area contributed by atoms with Gasteiger partial charge in [-0.15, -0.1) is 21.8 Å². The predicted octanol–water partition coefficient (Wildman–Crippen LogP) is 3.62. The summed E-state index contributed by atoms with van der Waals surface area (Å²) in [7, 11) is 0. The molecule has 1 N–H and O–H groups in total. The Balaban J connectivity index is 2.49. The molecule has 0 saturated heterocycles. The van der Waals surface area contributed by atoms with Crippen LogP contribution < -0.4 is 5.32 Å². The molecule has 1 unspecified atom stereocenters. The van der Waals surface area contributed by atoms with E-state index < -0.39 is 11.2 Å². The maximum absolute atomic E-state index is 12.2. The van der Waals surface area contributed by atoms with Crippen LogP contribution in [-0.2, 0) is 6.18 Å². The van der Waals surface area contributed by atoms with Crippen molar-refractivity contribution < 1.29 is 13.2 Å². The van der Waals surface area contributed by atoms with E-state index >= 15 is 0 Å². The largest absolute Gasteiger partial charge is 0.445 e. The van der Waals surface area contributed by atoms with Gasteiger partial charge in [-0.05, 0) is 12.3 Å². The summed E-state index contributed by atoms with van der Waals surface area (Å²) in [5, 5.41) is 8.68. The van der Waals surface area contributed by atoms with Gasteiger partial charge in [-0.3, -0.25) is 0 Å². The lowest BCUT2D eigenvalue weighted by Crippen LogP contribution is -2.14. The molecule has 0 aliphatic carbocycles. The van der Waals surface area contributed by atoms with E-state index in [0.29, 0.717) is 29.7 Å². The monoisotopic (exact) mass is 287 g/mol. The average Bonchev–Trinajstić information content (AvgIpc) is 2.72. The summed E-state index contributed by atoms with van der Waals surface area (Å²) >= 11 is 6.14. The van der Waals surface area contributed by atoms with Crippen LogP contribution in [0.4, 0.5) is 18.3 Å². The van der Waals surface area contributed by atoms with E-state index in [9.17, 15) is 13.2 Å². The number of nitrogens with one attached hydrogen (secondary N) is 1. The Morgan fingerprint density at radius 2 is 2.12 bits per heavy atom. The summed E-state index contributed by atoms with van der Waals surface area (Å²) in [5.41, 5.74) is 0. The summed E-state index contributed by atoms with van der Waals surface area (Å²) in [6.07, 6.45) is -2.67. The van der Waals surface area contributed by atoms with Gasteiger partial charge in [0.25, 0.3) is 0 Å². The van der Waals surface area contributed by atoms with Crippen molar-refractivity contribution in [2.24, 2.45) is 5.92 Å². The van der Waals surface area contributed by atoms with Crippen molar-refractivity contribution in [2.45, 2.75) is 25.9 Å². The smallest absolute Gasteiger partial charge is 0.360 e. The predicted molar refractivity (Wildman–Crippen MR) is 62.5 cm³/mol. The minimum atomic E-state index is -4.42. The van der Waals surface area contributed by atoms with E-state index in [1.54, 1.807) is 0 Å². The van der Waals surface area contributed by atoms with Crippen LogP contribution in [-0.4, -0.2) is 22.6 Å². The third kappa shape index (κ3) is 4.67. The standard InChI is InChI=1S/C9H13ClF3N3S/c1-2-6(3-4-10)5-14-8-16-15-7(17-8)9(11,12)13/h6H,2-5H2,1H3,(H,14,16). The Labute approximate surface area is 106 Å². The number of nitrogens with zero attached hydrogens (tertiary/aromatic N) is 2. The van der Waals surface area contributed by atoms with Gasteiger partial charge >= 0.3 is 6.18 Å². The molecule has 3 nitrogen and oxygen atoms in total. The van der Waals surface area contributed by atoms with E-state index in [1.807, 2.05) is 6.92 Å². The molecule has 17 heavy (non-hydrogen) atoms. The van der Waals surface area contributed by atoms with Crippen molar-refractivity contribution in [3.05, 3.63) is 5.01 Å². The Morgan fingerprint density at radius 3 is 2.59 bits per heavy atom. The lowest BCUT2D eigenvalue weighted by molar-refractivity contribution is -0.138. The summed E-state index contributed by atoms with van der Waals surface area (Å²) in [4.78, 5) is 0. The Hall–Kier alpha value is -0.560. The van der Waals surface area contributed by atoms with Crippen LogP contribution in [0.5, 0.6) is 0 Å². The molecule has 0 bridgehead atoms. The topological polar surface area (TPSA) is 37.8 Å². The van der Waals surface area contributed by atoms with Crippen LogP contribution in [0.1, 0.15) is 24.8 Å². The third-order valence-electron chi connectivity index (χ3n) is 2.30. The molecule has 0 aromatic carbocycles. The molecule has 1 aromatic rings. The van der Waals surface area contributed by atoms with Crippen molar-refractivity contribution >= 4 is 28.1 Å². The first kappa shape index (κ1) is 14.5. The molecule has 0 saturated carbocycles. The van der Waals surface area contributed by atoms with Gasteiger partial charge < -0.3 is 5.32 Å². The second-order valence-corrected chi connectivity index (χ2v) is 4.90. The fourth-order valence-electron chi connectivity index (χ4n) is 1.25. The first-order valence-corrected chi connectivity index (χ1v) is 6.53.